The van der Waals surface area contributed by atoms with Gasteiger partial charge in [-0.1, -0.05) is 12.1 Å². The Labute approximate surface area is 187 Å². The summed E-state index contributed by atoms with van der Waals surface area (Å²) in [5.74, 6) is 3.49. The fraction of sp³-hybridized carbons (Fsp3) is 0.682. The number of piperidine rings is 1. The standard InChI is InChI=1S/C22H36N4O.HI/c1-17-4-7-20(21(14-17)27-16-19-5-6-19)15-25-22(23-2)24-11-8-18-9-12-26(3)13-10-18;/h4,7,14,18-19H,5-6,8-13,15-16H2,1-3H3,(H2,23,24,25);1H. The minimum Gasteiger partial charge on any atom is -0.493 e. The van der Waals surface area contributed by atoms with E-state index in [-0.39, 0.29) is 24.0 Å². The van der Waals surface area contributed by atoms with Crippen molar-refractivity contribution in [2.24, 2.45) is 16.8 Å². The molecule has 0 bridgehead atoms. The van der Waals surface area contributed by atoms with Gasteiger partial charge in [0, 0.05) is 25.7 Å². The van der Waals surface area contributed by atoms with Gasteiger partial charge in [-0.05, 0) is 82.6 Å². The van der Waals surface area contributed by atoms with Crippen LogP contribution in [-0.2, 0) is 6.54 Å². The second-order valence-electron chi connectivity index (χ2n) is 8.25. The van der Waals surface area contributed by atoms with E-state index in [4.69, 9.17) is 4.74 Å². The summed E-state index contributed by atoms with van der Waals surface area (Å²) in [7, 11) is 4.05. The van der Waals surface area contributed by atoms with E-state index in [9.17, 15) is 0 Å². The van der Waals surface area contributed by atoms with E-state index in [2.05, 4.69) is 52.7 Å². The van der Waals surface area contributed by atoms with Crippen LogP contribution in [0.2, 0.25) is 0 Å². The minimum absolute atomic E-state index is 0. The number of nitrogens with one attached hydrogen (secondary N) is 2. The van der Waals surface area contributed by atoms with Gasteiger partial charge >= 0.3 is 0 Å². The zero-order valence-corrected chi connectivity index (χ0v) is 20.0. The van der Waals surface area contributed by atoms with Crippen molar-refractivity contribution in [3.63, 3.8) is 0 Å². The second kappa shape index (κ2) is 11.9. The zero-order valence-electron chi connectivity index (χ0n) is 17.7. The summed E-state index contributed by atoms with van der Waals surface area (Å²) < 4.78 is 6.07. The van der Waals surface area contributed by atoms with E-state index in [1.165, 1.54) is 56.3 Å². The quantitative estimate of drug-likeness (QED) is 0.324. The number of aryl methyl sites for hydroxylation is 1. The Bertz CT molecular complexity index is 625. The molecule has 2 aliphatic rings. The van der Waals surface area contributed by atoms with Crippen molar-refractivity contribution in [2.75, 3.05) is 40.3 Å². The first-order valence-electron chi connectivity index (χ1n) is 10.5. The summed E-state index contributed by atoms with van der Waals surface area (Å²) in [6, 6.07) is 6.46. The highest BCUT2D eigenvalue weighted by Crippen LogP contribution is 2.30. The van der Waals surface area contributed by atoms with E-state index >= 15 is 0 Å². The molecule has 2 fully saturated rings. The van der Waals surface area contributed by atoms with Gasteiger partial charge in [-0.3, -0.25) is 4.99 Å². The topological polar surface area (TPSA) is 48.9 Å². The van der Waals surface area contributed by atoms with Gasteiger partial charge in [0.2, 0.25) is 0 Å². The molecule has 0 unspecified atom stereocenters. The predicted molar refractivity (Wildman–Crippen MR) is 128 cm³/mol. The van der Waals surface area contributed by atoms with E-state index in [1.54, 1.807) is 0 Å². The molecule has 1 aromatic carbocycles. The molecule has 0 spiro atoms. The number of hydrogen-bond acceptors (Lipinski definition) is 3. The number of aliphatic imine (C=N–C) groups is 1. The number of rotatable bonds is 8. The predicted octanol–water partition coefficient (Wildman–Crippen LogP) is 3.80. The van der Waals surface area contributed by atoms with Crippen LogP contribution in [0.15, 0.2) is 23.2 Å². The van der Waals surface area contributed by atoms with Crippen LogP contribution in [0.25, 0.3) is 0 Å². The Balaban J connectivity index is 0.00000280. The summed E-state index contributed by atoms with van der Waals surface area (Å²) in [5.41, 5.74) is 2.43. The highest BCUT2D eigenvalue weighted by molar-refractivity contribution is 14.0. The van der Waals surface area contributed by atoms with Gasteiger partial charge in [0.1, 0.15) is 5.75 Å². The van der Waals surface area contributed by atoms with Crippen LogP contribution < -0.4 is 15.4 Å². The maximum absolute atomic E-state index is 6.07. The molecule has 2 N–H and O–H groups in total. The highest BCUT2D eigenvalue weighted by atomic mass is 127. The van der Waals surface area contributed by atoms with Crippen molar-refractivity contribution in [3.05, 3.63) is 29.3 Å². The third-order valence-corrected chi connectivity index (χ3v) is 5.75. The maximum Gasteiger partial charge on any atom is 0.191 e. The van der Waals surface area contributed by atoms with E-state index in [0.717, 1.165) is 43.2 Å². The fourth-order valence-corrected chi connectivity index (χ4v) is 3.58. The fourth-order valence-electron chi connectivity index (χ4n) is 3.58. The third-order valence-electron chi connectivity index (χ3n) is 5.75. The lowest BCUT2D eigenvalue weighted by molar-refractivity contribution is 0.213. The van der Waals surface area contributed by atoms with E-state index in [1.807, 2.05) is 7.05 Å². The molecule has 1 saturated carbocycles. The lowest BCUT2D eigenvalue weighted by Gasteiger charge is -2.29. The van der Waals surface area contributed by atoms with Crippen molar-refractivity contribution in [1.29, 1.82) is 0 Å². The van der Waals surface area contributed by atoms with Crippen molar-refractivity contribution in [3.8, 4) is 5.75 Å². The van der Waals surface area contributed by atoms with Crippen LogP contribution in [0.1, 0.15) is 43.2 Å². The summed E-state index contributed by atoms with van der Waals surface area (Å²) in [6.07, 6.45) is 6.47. The Kier molecular flexibility index (Phi) is 9.85. The Morgan fingerprint density at radius 3 is 2.57 bits per heavy atom. The van der Waals surface area contributed by atoms with Gasteiger partial charge < -0.3 is 20.3 Å². The van der Waals surface area contributed by atoms with E-state index < -0.39 is 0 Å². The molecule has 5 nitrogen and oxygen atoms in total. The first-order valence-corrected chi connectivity index (χ1v) is 10.5. The molecule has 1 heterocycles. The molecule has 0 amide bonds. The molecule has 158 valence electrons. The number of hydrogen-bond donors (Lipinski definition) is 2. The molecule has 28 heavy (non-hydrogen) atoms. The molecule has 1 saturated heterocycles. The normalized spacial score (nSPS) is 18.5. The monoisotopic (exact) mass is 500 g/mol. The molecule has 1 aromatic rings. The minimum atomic E-state index is 0. The van der Waals surface area contributed by atoms with Crippen LogP contribution in [0.4, 0.5) is 0 Å². The van der Waals surface area contributed by atoms with Gasteiger partial charge in [-0.2, -0.15) is 0 Å². The number of ether oxygens (including phenoxy) is 1. The van der Waals surface area contributed by atoms with Gasteiger partial charge in [-0.15, -0.1) is 24.0 Å². The first kappa shape index (κ1) is 23.3. The van der Waals surface area contributed by atoms with Crippen molar-refractivity contribution in [2.45, 2.75) is 45.6 Å². The number of likely N-dealkylation sites (tertiary alicyclic amines) is 1. The summed E-state index contributed by atoms with van der Waals surface area (Å²) in [6.45, 7) is 7.13. The van der Waals surface area contributed by atoms with Gasteiger partial charge in [0.25, 0.3) is 0 Å². The largest absolute Gasteiger partial charge is 0.493 e. The average molecular weight is 500 g/mol. The maximum atomic E-state index is 6.07. The Hall–Kier alpha value is -1.02. The summed E-state index contributed by atoms with van der Waals surface area (Å²) in [4.78, 5) is 6.80. The lowest BCUT2D eigenvalue weighted by Crippen LogP contribution is -2.38. The van der Waals surface area contributed by atoms with Crippen LogP contribution in [-0.4, -0.2) is 51.2 Å². The average Bonchev–Trinajstić information content (AvgIpc) is 3.50. The molecule has 3 rings (SSSR count). The van der Waals surface area contributed by atoms with Crippen molar-refractivity contribution in [1.82, 2.24) is 15.5 Å². The Morgan fingerprint density at radius 2 is 1.89 bits per heavy atom. The summed E-state index contributed by atoms with van der Waals surface area (Å²) in [5, 5.41) is 6.92. The van der Waals surface area contributed by atoms with Crippen LogP contribution in [0, 0.1) is 18.8 Å². The molecular weight excluding hydrogens is 463 g/mol. The number of guanidine groups is 1. The molecule has 0 radical (unpaired) electrons. The SMILES string of the molecule is CN=C(NCCC1CCN(C)CC1)NCc1ccc(C)cc1OCC1CC1.I. The van der Waals surface area contributed by atoms with Gasteiger partial charge in [0.15, 0.2) is 5.96 Å². The zero-order chi connectivity index (χ0) is 19.1. The lowest BCUT2D eigenvalue weighted by atomic mass is 9.94. The van der Waals surface area contributed by atoms with Crippen LogP contribution >= 0.6 is 24.0 Å². The van der Waals surface area contributed by atoms with Gasteiger partial charge in [-0.25, -0.2) is 0 Å². The molecule has 0 aromatic heterocycles. The van der Waals surface area contributed by atoms with Crippen LogP contribution in [0.3, 0.4) is 0 Å². The smallest absolute Gasteiger partial charge is 0.191 e. The van der Waals surface area contributed by atoms with Crippen molar-refractivity contribution < 1.29 is 4.74 Å². The van der Waals surface area contributed by atoms with Crippen molar-refractivity contribution >= 4 is 29.9 Å². The number of nitrogens with zero attached hydrogens (tertiary/aromatic N) is 2. The number of benzene rings is 1. The molecule has 1 aliphatic carbocycles. The van der Waals surface area contributed by atoms with E-state index in [0.29, 0.717) is 0 Å². The highest BCUT2D eigenvalue weighted by Gasteiger charge is 2.22. The second-order valence-corrected chi connectivity index (χ2v) is 8.25. The third kappa shape index (κ3) is 7.78. The molecule has 0 atom stereocenters. The molecular formula is C22H37IN4O. The first-order chi connectivity index (χ1) is 13.1. The van der Waals surface area contributed by atoms with Crippen LogP contribution in [0.5, 0.6) is 5.75 Å². The molecule has 1 aliphatic heterocycles. The number of halogens is 1. The molecule has 6 heteroatoms. The summed E-state index contributed by atoms with van der Waals surface area (Å²) >= 11 is 0. The van der Waals surface area contributed by atoms with Gasteiger partial charge in [0.05, 0.1) is 6.61 Å². The Morgan fingerprint density at radius 1 is 1.14 bits per heavy atom.